The van der Waals surface area contributed by atoms with Crippen molar-refractivity contribution in [1.29, 1.82) is 0 Å². The molecule has 4 heteroatoms. The summed E-state index contributed by atoms with van der Waals surface area (Å²) in [7, 11) is 0. The summed E-state index contributed by atoms with van der Waals surface area (Å²) in [6.45, 7) is 4.58. The lowest BCUT2D eigenvalue weighted by Crippen LogP contribution is -2.43. The molecule has 0 spiro atoms. The maximum atomic E-state index is 12.7. The number of hydrogen-bond donors (Lipinski definition) is 0. The third-order valence-electron chi connectivity index (χ3n) is 2.86. The quantitative estimate of drug-likeness (QED) is 0.750. The molecule has 1 saturated heterocycles. The van der Waals surface area contributed by atoms with Crippen molar-refractivity contribution < 1.29 is 13.9 Å². The lowest BCUT2D eigenvalue weighted by molar-refractivity contribution is -0.0158. The number of rotatable bonds is 3. The number of halogens is 1. The highest BCUT2D eigenvalue weighted by Crippen LogP contribution is 2.08. The molecular formula is C13H16FNO2. The highest BCUT2D eigenvalue weighted by Gasteiger charge is 2.19. The van der Waals surface area contributed by atoms with Gasteiger partial charge in [0.2, 0.25) is 0 Å². The van der Waals surface area contributed by atoms with Gasteiger partial charge in [0, 0.05) is 18.7 Å². The van der Waals surface area contributed by atoms with Gasteiger partial charge in [0.25, 0.3) is 0 Å². The molecular weight excluding hydrogens is 221 g/mol. The molecule has 92 valence electrons. The van der Waals surface area contributed by atoms with Gasteiger partial charge in [-0.3, -0.25) is 9.69 Å². The van der Waals surface area contributed by atoms with E-state index in [1.54, 1.807) is 0 Å². The molecule has 0 amide bonds. The average molecular weight is 237 g/mol. The van der Waals surface area contributed by atoms with Crippen LogP contribution in [0.3, 0.4) is 0 Å². The Balaban J connectivity index is 1.94. The van der Waals surface area contributed by atoms with Crippen molar-refractivity contribution >= 4 is 5.78 Å². The Kier molecular flexibility index (Phi) is 3.86. The first-order valence-corrected chi connectivity index (χ1v) is 5.78. The number of carbonyl (C=O) groups is 1. The largest absolute Gasteiger partial charge is 0.376 e. The lowest BCUT2D eigenvalue weighted by atomic mass is 10.1. The SMILES string of the molecule is C[C@H]1CN(CC(=O)c2ccc(F)cc2)CCO1. The molecule has 1 atom stereocenters. The van der Waals surface area contributed by atoms with Crippen molar-refractivity contribution in [2.45, 2.75) is 13.0 Å². The Labute approximate surface area is 100 Å². The monoisotopic (exact) mass is 237 g/mol. The molecule has 0 aromatic heterocycles. The van der Waals surface area contributed by atoms with Gasteiger partial charge in [-0.05, 0) is 31.2 Å². The molecule has 0 N–H and O–H groups in total. The summed E-state index contributed by atoms with van der Waals surface area (Å²) in [5, 5.41) is 0. The van der Waals surface area contributed by atoms with Crippen LogP contribution in [-0.2, 0) is 4.74 Å². The lowest BCUT2D eigenvalue weighted by Gasteiger charge is -2.30. The molecule has 1 aromatic carbocycles. The van der Waals surface area contributed by atoms with Crippen molar-refractivity contribution in [3.05, 3.63) is 35.6 Å². The second-order valence-electron chi connectivity index (χ2n) is 4.35. The van der Waals surface area contributed by atoms with Crippen molar-refractivity contribution in [2.24, 2.45) is 0 Å². The second-order valence-corrected chi connectivity index (χ2v) is 4.35. The van der Waals surface area contributed by atoms with Gasteiger partial charge in [0.15, 0.2) is 5.78 Å². The van der Waals surface area contributed by atoms with E-state index in [0.717, 1.165) is 13.1 Å². The normalized spacial score (nSPS) is 21.4. The van der Waals surface area contributed by atoms with Crippen LogP contribution in [0.25, 0.3) is 0 Å². The fourth-order valence-corrected chi connectivity index (χ4v) is 1.96. The molecule has 0 saturated carbocycles. The van der Waals surface area contributed by atoms with Crippen molar-refractivity contribution in [3.8, 4) is 0 Å². The predicted octanol–water partition coefficient (Wildman–Crippen LogP) is 1.73. The molecule has 2 rings (SSSR count). The van der Waals surface area contributed by atoms with Crippen LogP contribution in [0, 0.1) is 5.82 Å². The van der Waals surface area contributed by atoms with Gasteiger partial charge in [-0.2, -0.15) is 0 Å². The Morgan fingerprint density at radius 3 is 2.82 bits per heavy atom. The van der Waals surface area contributed by atoms with E-state index in [-0.39, 0.29) is 17.7 Å². The predicted molar refractivity (Wildman–Crippen MR) is 62.6 cm³/mol. The van der Waals surface area contributed by atoms with E-state index in [1.807, 2.05) is 6.92 Å². The van der Waals surface area contributed by atoms with E-state index in [4.69, 9.17) is 4.74 Å². The minimum absolute atomic E-state index is 0.0269. The summed E-state index contributed by atoms with van der Waals surface area (Å²) in [4.78, 5) is 14.0. The third-order valence-corrected chi connectivity index (χ3v) is 2.86. The highest BCUT2D eigenvalue weighted by molar-refractivity contribution is 5.97. The molecule has 0 bridgehead atoms. The fourth-order valence-electron chi connectivity index (χ4n) is 1.96. The molecule has 0 radical (unpaired) electrons. The molecule has 1 heterocycles. The molecule has 3 nitrogen and oxygen atoms in total. The number of hydrogen-bond acceptors (Lipinski definition) is 3. The average Bonchev–Trinajstić information content (AvgIpc) is 2.29. The van der Waals surface area contributed by atoms with Crippen LogP contribution < -0.4 is 0 Å². The van der Waals surface area contributed by atoms with Gasteiger partial charge in [0.1, 0.15) is 5.82 Å². The second kappa shape index (κ2) is 5.38. The number of Topliss-reactive ketones (excluding diaryl/α,β-unsaturated/α-hetero) is 1. The first kappa shape index (κ1) is 12.2. The van der Waals surface area contributed by atoms with Gasteiger partial charge in [-0.15, -0.1) is 0 Å². The number of benzene rings is 1. The molecule has 1 aromatic rings. The van der Waals surface area contributed by atoms with Crippen molar-refractivity contribution in [2.75, 3.05) is 26.2 Å². The minimum Gasteiger partial charge on any atom is -0.376 e. The van der Waals surface area contributed by atoms with Gasteiger partial charge in [-0.1, -0.05) is 0 Å². The van der Waals surface area contributed by atoms with Crippen LogP contribution in [0.2, 0.25) is 0 Å². The number of morpholine rings is 1. The van der Waals surface area contributed by atoms with Crippen LogP contribution in [0.1, 0.15) is 17.3 Å². The van der Waals surface area contributed by atoms with E-state index in [1.165, 1.54) is 24.3 Å². The van der Waals surface area contributed by atoms with E-state index < -0.39 is 0 Å². The summed E-state index contributed by atoms with van der Waals surface area (Å²) in [5.74, 6) is -0.291. The number of carbonyl (C=O) groups excluding carboxylic acids is 1. The van der Waals surface area contributed by atoms with Crippen LogP contribution in [-0.4, -0.2) is 43.0 Å². The number of nitrogens with zero attached hydrogens (tertiary/aromatic N) is 1. The van der Waals surface area contributed by atoms with E-state index in [2.05, 4.69) is 4.90 Å². The first-order valence-electron chi connectivity index (χ1n) is 5.78. The van der Waals surface area contributed by atoms with Gasteiger partial charge in [0.05, 0.1) is 19.3 Å². The minimum atomic E-state index is -0.318. The number of ketones is 1. The zero-order valence-corrected chi connectivity index (χ0v) is 9.86. The van der Waals surface area contributed by atoms with Crippen LogP contribution in [0.4, 0.5) is 4.39 Å². The van der Waals surface area contributed by atoms with Crippen LogP contribution in [0.15, 0.2) is 24.3 Å². The summed E-state index contributed by atoms with van der Waals surface area (Å²) >= 11 is 0. The third kappa shape index (κ3) is 3.35. The molecule has 0 unspecified atom stereocenters. The topological polar surface area (TPSA) is 29.5 Å². The molecule has 1 aliphatic rings. The highest BCUT2D eigenvalue weighted by atomic mass is 19.1. The zero-order chi connectivity index (χ0) is 12.3. The Morgan fingerprint density at radius 2 is 2.18 bits per heavy atom. The van der Waals surface area contributed by atoms with Gasteiger partial charge >= 0.3 is 0 Å². The zero-order valence-electron chi connectivity index (χ0n) is 9.86. The summed E-state index contributed by atoms with van der Waals surface area (Å²) in [6.07, 6.45) is 0.171. The van der Waals surface area contributed by atoms with Crippen molar-refractivity contribution in [3.63, 3.8) is 0 Å². The van der Waals surface area contributed by atoms with E-state index >= 15 is 0 Å². The molecule has 17 heavy (non-hydrogen) atoms. The Morgan fingerprint density at radius 1 is 1.47 bits per heavy atom. The summed E-state index contributed by atoms with van der Waals surface area (Å²) in [6, 6.07) is 5.69. The molecule has 1 aliphatic heterocycles. The maximum Gasteiger partial charge on any atom is 0.176 e. The maximum absolute atomic E-state index is 12.7. The Hall–Kier alpha value is -1.26. The Bertz CT molecular complexity index is 391. The van der Waals surface area contributed by atoms with Crippen molar-refractivity contribution in [1.82, 2.24) is 4.90 Å². The van der Waals surface area contributed by atoms with Crippen LogP contribution >= 0.6 is 0 Å². The smallest absolute Gasteiger partial charge is 0.176 e. The molecule has 1 fully saturated rings. The number of ether oxygens (including phenoxy) is 1. The standard InChI is InChI=1S/C13H16FNO2/c1-10-8-15(6-7-17-10)9-13(16)11-2-4-12(14)5-3-11/h2-5,10H,6-9H2,1H3/t10-/m0/s1. The van der Waals surface area contributed by atoms with Gasteiger partial charge < -0.3 is 4.74 Å². The van der Waals surface area contributed by atoms with Gasteiger partial charge in [-0.25, -0.2) is 4.39 Å². The van der Waals surface area contributed by atoms with E-state index in [0.29, 0.717) is 18.7 Å². The molecule has 0 aliphatic carbocycles. The first-order chi connectivity index (χ1) is 8.15. The van der Waals surface area contributed by atoms with Crippen LogP contribution in [0.5, 0.6) is 0 Å². The fraction of sp³-hybridized carbons (Fsp3) is 0.462. The van der Waals surface area contributed by atoms with E-state index in [9.17, 15) is 9.18 Å². The summed E-state index contributed by atoms with van der Waals surface area (Å²) in [5.41, 5.74) is 0.561. The summed E-state index contributed by atoms with van der Waals surface area (Å²) < 4.78 is 18.1.